The minimum absolute atomic E-state index is 0.182. The Morgan fingerprint density at radius 1 is 1.00 bits per heavy atom. The van der Waals surface area contributed by atoms with E-state index >= 15 is 0 Å². The first-order valence-corrected chi connectivity index (χ1v) is 11.5. The second-order valence-corrected chi connectivity index (χ2v) is 8.08. The highest BCUT2D eigenvalue weighted by atomic mass is 16.2. The summed E-state index contributed by atoms with van der Waals surface area (Å²) in [6.07, 6.45) is 3.58. The third kappa shape index (κ3) is 5.75. The van der Waals surface area contributed by atoms with Gasteiger partial charge in [-0.2, -0.15) is 5.10 Å². The molecule has 35 heavy (non-hydrogen) atoms. The third-order valence-electron chi connectivity index (χ3n) is 5.64. The van der Waals surface area contributed by atoms with Crippen LogP contribution in [-0.2, 0) is 13.6 Å². The van der Waals surface area contributed by atoms with E-state index in [-0.39, 0.29) is 11.9 Å². The van der Waals surface area contributed by atoms with E-state index in [0.29, 0.717) is 42.4 Å². The number of hydrogen-bond acceptors (Lipinski definition) is 5. The fourth-order valence-corrected chi connectivity index (χ4v) is 3.80. The first kappa shape index (κ1) is 23.7. The van der Waals surface area contributed by atoms with Gasteiger partial charge in [0.1, 0.15) is 5.82 Å². The molecule has 180 valence electrons. The average molecular weight is 472 g/mol. The Bertz CT molecular complexity index is 1340. The van der Waals surface area contributed by atoms with Crippen molar-refractivity contribution < 1.29 is 9.59 Å². The quantitative estimate of drug-likeness (QED) is 0.345. The van der Waals surface area contributed by atoms with Crippen LogP contribution in [0.15, 0.2) is 67.0 Å². The van der Waals surface area contributed by atoms with Gasteiger partial charge < -0.3 is 15.5 Å². The van der Waals surface area contributed by atoms with Gasteiger partial charge in [-0.05, 0) is 61.9 Å². The summed E-state index contributed by atoms with van der Waals surface area (Å²) in [6.45, 7) is 5.57. The van der Waals surface area contributed by atoms with Crippen molar-refractivity contribution in [3.8, 4) is 0 Å². The van der Waals surface area contributed by atoms with Crippen LogP contribution in [0.3, 0.4) is 0 Å². The fraction of sp³-hybridized carbons (Fsp3) is 0.231. The molecule has 0 aliphatic carbocycles. The molecule has 4 rings (SSSR count). The lowest BCUT2D eigenvalue weighted by Crippen LogP contribution is -2.34. The Kier molecular flexibility index (Phi) is 7.25. The number of pyridine rings is 1. The first-order chi connectivity index (χ1) is 17.0. The van der Waals surface area contributed by atoms with Gasteiger partial charge in [-0.3, -0.25) is 14.8 Å². The number of nitrogens with zero attached hydrogens (tertiary/aromatic N) is 4. The van der Waals surface area contributed by atoms with Gasteiger partial charge in [0.05, 0.1) is 11.1 Å². The minimum atomic E-state index is -0.217. The van der Waals surface area contributed by atoms with Gasteiger partial charge in [0, 0.05) is 55.8 Å². The number of carbonyl (C=O) groups excluding carboxylic acids is 2. The summed E-state index contributed by atoms with van der Waals surface area (Å²) in [5.41, 5.74) is 3.65. The van der Waals surface area contributed by atoms with E-state index in [0.717, 1.165) is 16.5 Å². The summed E-state index contributed by atoms with van der Waals surface area (Å²) < 4.78 is 1.75. The van der Waals surface area contributed by atoms with Gasteiger partial charge in [0.15, 0.2) is 0 Å². The number of benzene rings is 2. The predicted octanol–water partition coefficient (Wildman–Crippen LogP) is 4.71. The van der Waals surface area contributed by atoms with Crippen molar-refractivity contribution in [1.82, 2.24) is 19.7 Å². The number of aromatic nitrogens is 3. The molecule has 0 radical (unpaired) electrons. The van der Waals surface area contributed by atoms with Crippen LogP contribution in [0, 0.1) is 0 Å². The Hall–Kier alpha value is -4.40. The molecule has 0 saturated heterocycles. The van der Waals surface area contributed by atoms with Crippen LogP contribution in [0.4, 0.5) is 22.0 Å². The molecule has 3 amide bonds. The zero-order chi connectivity index (χ0) is 24.8. The molecule has 0 aliphatic rings. The molecule has 0 bridgehead atoms. The summed E-state index contributed by atoms with van der Waals surface area (Å²) >= 11 is 0. The van der Waals surface area contributed by atoms with E-state index in [2.05, 4.69) is 26.0 Å². The van der Waals surface area contributed by atoms with Crippen LogP contribution >= 0.6 is 0 Å². The number of urea groups is 1. The van der Waals surface area contributed by atoms with Crippen LogP contribution < -0.4 is 16.0 Å². The second-order valence-electron chi connectivity index (χ2n) is 8.08. The largest absolute Gasteiger partial charge is 0.380 e. The van der Waals surface area contributed by atoms with Gasteiger partial charge in [-0.15, -0.1) is 0 Å². The molecule has 2 aromatic heterocycles. The number of amides is 3. The number of nitrogens with one attached hydrogen (secondary N) is 3. The van der Waals surface area contributed by atoms with Crippen molar-refractivity contribution in [1.29, 1.82) is 0 Å². The van der Waals surface area contributed by atoms with E-state index in [1.807, 2.05) is 75.6 Å². The SMILES string of the molecule is CCN(CC)C(=O)Nc1cc(CNc2ccccc2C(=O)Nc2ccc3cn(C)nc3c2)ccn1. The number of para-hydroxylation sites is 1. The standard InChI is InChI=1S/C26H29N7O2/c1-4-33(5-2)26(35)30-24-14-18(12-13-27-24)16-28-22-9-7-6-8-21(22)25(34)29-20-11-10-19-17-32(3)31-23(19)15-20/h6-15,17,28H,4-5,16H2,1-3H3,(H,29,34)(H,27,30,35). The summed E-state index contributed by atoms with van der Waals surface area (Å²) in [6, 6.07) is 16.5. The maximum atomic E-state index is 13.0. The van der Waals surface area contributed by atoms with Gasteiger partial charge in [0.25, 0.3) is 5.91 Å². The Morgan fingerprint density at radius 2 is 1.80 bits per heavy atom. The summed E-state index contributed by atoms with van der Waals surface area (Å²) in [7, 11) is 1.87. The molecule has 0 saturated carbocycles. The van der Waals surface area contributed by atoms with Crippen molar-refractivity contribution in [3.05, 3.63) is 78.1 Å². The highest BCUT2D eigenvalue weighted by molar-refractivity contribution is 6.08. The summed E-state index contributed by atoms with van der Waals surface area (Å²) in [4.78, 5) is 31.3. The van der Waals surface area contributed by atoms with E-state index in [1.54, 1.807) is 21.8 Å². The number of hydrogen-bond donors (Lipinski definition) is 3. The molecule has 0 aliphatic heterocycles. The zero-order valence-corrected chi connectivity index (χ0v) is 20.1. The van der Waals surface area contributed by atoms with Gasteiger partial charge in [0.2, 0.25) is 0 Å². The van der Waals surface area contributed by atoms with Crippen LogP contribution in [0.1, 0.15) is 29.8 Å². The summed E-state index contributed by atoms with van der Waals surface area (Å²) in [5.74, 6) is 0.266. The van der Waals surface area contributed by atoms with E-state index in [1.165, 1.54) is 0 Å². The Balaban J connectivity index is 1.44. The molecular weight excluding hydrogens is 442 g/mol. The molecular formula is C26H29N7O2. The maximum Gasteiger partial charge on any atom is 0.322 e. The highest BCUT2D eigenvalue weighted by Crippen LogP contribution is 2.21. The smallest absolute Gasteiger partial charge is 0.322 e. The molecule has 2 heterocycles. The van der Waals surface area contributed by atoms with E-state index < -0.39 is 0 Å². The highest BCUT2D eigenvalue weighted by Gasteiger charge is 2.13. The molecule has 9 heteroatoms. The van der Waals surface area contributed by atoms with Crippen LogP contribution in [0.5, 0.6) is 0 Å². The van der Waals surface area contributed by atoms with Crippen LogP contribution in [0.25, 0.3) is 10.9 Å². The molecule has 2 aromatic carbocycles. The van der Waals surface area contributed by atoms with Crippen LogP contribution in [0.2, 0.25) is 0 Å². The molecule has 0 atom stereocenters. The average Bonchev–Trinajstić information content (AvgIpc) is 3.23. The van der Waals surface area contributed by atoms with Gasteiger partial charge >= 0.3 is 6.03 Å². The molecule has 0 spiro atoms. The molecule has 3 N–H and O–H groups in total. The molecule has 4 aromatic rings. The van der Waals surface area contributed by atoms with Crippen LogP contribution in [-0.4, -0.2) is 44.7 Å². The first-order valence-electron chi connectivity index (χ1n) is 11.5. The lowest BCUT2D eigenvalue weighted by Gasteiger charge is -2.19. The molecule has 9 nitrogen and oxygen atoms in total. The summed E-state index contributed by atoms with van der Waals surface area (Å²) in [5, 5.41) is 14.5. The molecule has 0 fully saturated rings. The number of rotatable bonds is 8. The number of anilines is 3. The number of fused-ring (bicyclic) bond motifs is 1. The molecule has 0 unspecified atom stereocenters. The minimum Gasteiger partial charge on any atom is -0.380 e. The lowest BCUT2D eigenvalue weighted by atomic mass is 10.1. The number of aryl methyl sites for hydroxylation is 1. The van der Waals surface area contributed by atoms with Crippen molar-refractivity contribution in [2.75, 3.05) is 29.0 Å². The monoisotopic (exact) mass is 471 g/mol. The fourth-order valence-electron chi connectivity index (χ4n) is 3.80. The topological polar surface area (TPSA) is 104 Å². The van der Waals surface area contributed by atoms with E-state index in [4.69, 9.17) is 0 Å². The zero-order valence-electron chi connectivity index (χ0n) is 20.1. The maximum absolute atomic E-state index is 13.0. The third-order valence-corrected chi connectivity index (χ3v) is 5.64. The second kappa shape index (κ2) is 10.7. The lowest BCUT2D eigenvalue weighted by molar-refractivity contribution is 0.102. The Morgan fingerprint density at radius 3 is 2.60 bits per heavy atom. The van der Waals surface area contributed by atoms with Crippen molar-refractivity contribution in [2.45, 2.75) is 20.4 Å². The van der Waals surface area contributed by atoms with Gasteiger partial charge in [-0.25, -0.2) is 9.78 Å². The normalized spacial score (nSPS) is 10.7. The predicted molar refractivity (Wildman–Crippen MR) is 139 cm³/mol. The van der Waals surface area contributed by atoms with Crippen molar-refractivity contribution in [3.63, 3.8) is 0 Å². The van der Waals surface area contributed by atoms with Crippen molar-refractivity contribution >= 4 is 40.0 Å². The Labute approximate surface area is 204 Å². The van der Waals surface area contributed by atoms with Crippen molar-refractivity contribution in [2.24, 2.45) is 7.05 Å². The van der Waals surface area contributed by atoms with E-state index in [9.17, 15) is 9.59 Å². The van der Waals surface area contributed by atoms with Gasteiger partial charge in [-0.1, -0.05) is 12.1 Å². The number of carbonyl (C=O) groups is 2.